The molecule has 5 nitrogen and oxygen atoms in total. The van der Waals surface area contributed by atoms with Gasteiger partial charge in [-0.15, -0.1) is 0 Å². The number of rotatable bonds is 7. The first-order chi connectivity index (χ1) is 8.76. The predicted octanol–water partition coefficient (Wildman–Crippen LogP) is 0.559. The van der Waals surface area contributed by atoms with Crippen molar-refractivity contribution in [3.05, 3.63) is 35.9 Å². The molecule has 0 aliphatic rings. The molecule has 1 rings (SSSR count). The van der Waals surface area contributed by atoms with Crippen molar-refractivity contribution >= 4 is 19.2 Å². The Hall–Kier alpha value is -1.82. The number of nitrogens with zero attached hydrogens (tertiary/aromatic N) is 1. The van der Waals surface area contributed by atoms with Crippen molar-refractivity contribution in [3.63, 3.8) is 0 Å². The fourth-order valence-corrected chi connectivity index (χ4v) is 1.31. The second-order valence-corrected chi connectivity index (χ2v) is 3.62. The molecule has 0 spiro atoms. The van der Waals surface area contributed by atoms with E-state index in [-0.39, 0.29) is 19.6 Å². The van der Waals surface area contributed by atoms with Crippen LogP contribution in [-0.2, 0) is 20.8 Å². The summed E-state index contributed by atoms with van der Waals surface area (Å²) < 4.78 is 15.1. The number of benzene rings is 1. The molecule has 0 bridgehead atoms. The second-order valence-electron chi connectivity index (χ2n) is 3.62. The molecule has 0 unspecified atom stereocenters. The van der Waals surface area contributed by atoms with Crippen LogP contribution in [0.2, 0.25) is 0 Å². The zero-order valence-electron chi connectivity index (χ0n) is 9.86. The van der Waals surface area contributed by atoms with Crippen LogP contribution < -0.4 is 0 Å². The third-order valence-corrected chi connectivity index (χ3v) is 2.21. The Bertz CT molecular complexity index is 408. The van der Waals surface area contributed by atoms with Gasteiger partial charge in [-0.25, -0.2) is 0 Å². The molecule has 0 amide bonds. The van der Waals surface area contributed by atoms with Gasteiger partial charge in [0.05, 0.1) is 0 Å². The second kappa shape index (κ2) is 8.30. The standard InChI is InChI=1S/C12H14BNO4/c15-7-11(14-9-13-17)6-12(16)18-8-10-4-2-1-3-5-10/h1-5,9,11,15H,6-8H2/t11-/m0/s1. The first-order valence-corrected chi connectivity index (χ1v) is 5.53. The third-order valence-electron chi connectivity index (χ3n) is 2.21. The molecule has 0 heterocycles. The molecule has 0 aliphatic heterocycles. The zero-order valence-corrected chi connectivity index (χ0v) is 9.86. The molecule has 0 aromatic heterocycles. The Morgan fingerprint density at radius 3 is 2.78 bits per heavy atom. The van der Waals surface area contributed by atoms with Gasteiger partial charge in [-0.3, -0.25) is 0 Å². The molecule has 1 aromatic carbocycles. The van der Waals surface area contributed by atoms with Crippen LogP contribution in [0.5, 0.6) is 0 Å². The summed E-state index contributed by atoms with van der Waals surface area (Å²) in [5.41, 5.74) is 0.891. The number of aliphatic imine (C=N–C) groups is 1. The van der Waals surface area contributed by atoms with E-state index in [2.05, 4.69) is 4.99 Å². The first-order valence-electron chi connectivity index (χ1n) is 5.53. The molecule has 94 valence electrons. The number of aliphatic hydroxyl groups excluding tert-OH is 1. The van der Waals surface area contributed by atoms with E-state index in [0.717, 1.165) is 11.7 Å². The monoisotopic (exact) mass is 247 g/mol. The van der Waals surface area contributed by atoms with E-state index >= 15 is 0 Å². The van der Waals surface area contributed by atoms with E-state index in [1.165, 1.54) is 0 Å². The van der Waals surface area contributed by atoms with Gasteiger partial charge in [0.1, 0.15) is 0 Å². The van der Waals surface area contributed by atoms with Gasteiger partial charge in [0, 0.05) is 0 Å². The fraction of sp³-hybridized carbons (Fsp3) is 0.333. The Kier molecular flexibility index (Phi) is 6.57. The number of esters is 1. The van der Waals surface area contributed by atoms with Gasteiger partial charge < -0.3 is 0 Å². The number of hydrogen-bond donors (Lipinski definition) is 1. The van der Waals surface area contributed by atoms with Gasteiger partial charge in [-0.2, -0.15) is 0 Å². The van der Waals surface area contributed by atoms with E-state index in [1.807, 2.05) is 30.3 Å². The number of carbonyl (C=O) groups is 1. The van der Waals surface area contributed by atoms with Crippen molar-refractivity contribution in [2.75, 3.05) is 6.61 Å². The SMILES string of the molecule is O=BC=N[C@H](CO)CC(=O)OCc1ccccc1. The predicted molar refractivity (Wildman–Crippen MR) is 66.7 cm³/mol. The first kappa shape index (κ1) is 14.2. The number of aliphatic hydroxyl groups is 1. The molecule has 1 atom stereocenters. The van der Waals surface area contributed by atoms with Crippen molar-refractivity contribution in [1.82, 2.24) is 0 Å². The molecule has 1 N–H and O–H groups in total. The van der Waals surface area contributed by atoms with E-state index < -0.39 is 12.0 Å². The van der Waals surface area contributed by atoms with Gasteiger partial charge in [0.15, 0.2) is 0 Å². The number of hydrogen-bond acceptors (Lipinski definition) is 5. The number of carbonyl (C=O) groups excluding carboxylic acids is 1. The molecule has 0 radical (unpaired) electrons. The molecule has 6 heteroatoms. The Labute approximate surface area is 106 Å². The van der Waals surface area contributed by atoms with E-state index in [1.54, 1.807) is 0 Å². The van der Waals surface area contributed by atoms with Crippen LogP contribution >= 0.6 is 0 Å². The van der Waals surface area contributed by atoms with Crippen LogP contribution in [0.4, 0.5) is 0 Å². The summed E-state index contributed by atoms with van der Waals surface area (Å²) in [6.45, 7) is -0.111. The van der Waals surface area contributed by atoms with Crippen molar-refractivity contribution in [1.29, 1.82) is 0 Å². The van der Waals surface area contributed by atoms with Gasteiger partial charge in [0.2, 0.25) is 0 Å². The summed E-state index contributed by atoms with van der Waals surface area (Å²) in [4.78, 5) is 15.2. The summed E-state index contributed by atoms with van der Waals surface area (Å²) >= 11 is 0. The van der Waals surface area contributed by atoms with Crippen LogP contribution in [0, 0.1) is 0 Å². The molecule has 0 fully saturated rings. The van der Waals surface area contributed by atoms with Crippen molar-refractivity contribution in [3.8, 4) is 0 Å². The molecule has 18 heavy (non-hydrogen) atoms. The van der Waals surface area contributed by atoms with Crippen LogP contribution in [0.25, 0.3) is 0 Å². The average Bonchev–Trinajstić information content (AvgIpc) is 2.42. The Balaban J connectivity index is 2.36. The molecule has 0 saturated carbocycles. The topological polar surface area (TPSA) is 76.0 Å². The molecule has 0 aliphatic carbocycles. The maximum atomic E-state index is 11.5. The van der Waals surface area contributed by atoms with Crippen LogP contribution in [0.1, 0.15) is 12.0 Å². The van der Waals surface area contributed by atoms with E-state index in [0.29, 0.717) is 7.15 Å². The normalized spacial score (nSPS) is 12.1. The summed E-state index contributed by atoms with van der Waals surface area (Å²) in [5, 5.41) is 8.95. The van der Waals surface area contributed by atoms with Crippen LogP contribution in [0.3, 0.4) is 0 Å². The van der Waals surface area contributed by atoms with Crippen molar-refractivity contribution in [2.24, 2.45) is 4.99 Å². The third kappa shape index (κ3) is 5.49. The summed E-state index contributed by atoms with van der Waals surface area (Å²) in [7, 11) is 0.498. The molecular weight excluding hydrogens is 233 g/mol. The fourth-order valence-electron chi connectivity index (χ4n) is 1.31. The van der Waals surface area contributed by atoms with Crippen LogP contribution in [0.15, 0.2) is 35.3 Å². The Morgan fingerprint density at radius 2 is 2.17 bits per heavy atom. The van der Waals surface area contributed by atoms with Gasteiger partial charge in [-0.05, 0) is 0 Å². The quantitative estimate of drug-likeness (QED) is 0.434. The minimum absolute atomic E-state index is 0.0479. The van der Waals surface area contributed by atoms with Gasteiger partial charge >= 0.3 is 105 Å². The molecule has 0 saturated heterocycles. The average molecular weight is 247 g/mol. The Morgan fingerprint density at radius 1 is 1.44 bits per heavy atom. The zero-order chi connectivity index (χ0) is 13.2. The van der Waals surface area contributed by atoms with Crippen molar-refractivity contribution in [2.45, 2.75) is 19.1 Å². The summed E-state index contributed by atoms with van der Waals surface area (Å²) in [6, 6.07) is 8.66. The van der Waals surface area contributed by atoms with Gasteiger partial charge in [0.25, 0.3) is 0 Å². The maximum absolute atomic E-state index is 11.5. The van der Waals surface area contributed by atoms with Gasteiger partial charge in [-0.1, -0.05) is 0 Å². The molecular formula is C12H14BNO4. The minimum atomic E-state index is -0.626. The molecule has 1 aromatic rings. The summed E-state index contributed by atoms with van der Waals surface area (Å²) in [6.07, 6.45) is 0.971. The van der Waals surface area contributed by atoms with E-state index in [4.69, 9.17) is 9.84 Å². The van der Waals surface area contributed by atoms with E-state index in [9.17, 15) is 9.50 Å². The van der Waals surface area contributed by atoms with Crippen molar-refractivity contribution < 1.29 is 19.3 Å². The van der Waals surface area contributed by atoms with Crippen LogP contribution in [-0.4, -0.2) is 37.0 Å². The number of ether oxygens (including phenoxy) is 1. The summed E-state index contributed by atoms with van der Waals surface area (Å²) in [5.74, 6) is -0.457.